The third-order valence-corrected chi connectivity index (χ3v) is 3.61. The first-order valence-electron chi connectivity index (χ1n) is 7.06. The molecule has 3 aromatic rings. The zero-order valence-electron chi connectivity index (χ0n) is 12.2. The quantitative estimate of drug-likeness (QED) is 0.733. The molecule has 110 valence electrons. The van der Waals surface area contributed by atoms with Crippen LogP contribution in [0.2, 0.25) is 0 Å². The summed E-state index contributed by atoms with van der Waals surface area (Å²) in [5.74, 6) is -0.152. The average Bonchev–Trinajstić information content (AvgIpc) is 3.00. The van der Waals surface area contributed by atoms with Crippen LogP contribution in [0.5, 0.6) is 0 Å². The standard InChI is InChI=1S/C17H15N3O2/c1-11-3-2-8-18-17(11)16(22)7-6-15(21)12-4-5-14-13(9-12)10-19-20-14/h2-5,8-10H,6-7H2,1H3,(H,19,20). The molecule has 0 amide bonds. The molecule has 0 radical (unpaired) electrons. The summed E-state index contributed by atoms with van der Waals surface area (Å²) >= 11 is 0. The van der Waals surface area contributed by atoms with E-state index in [0.29, 0.717) is 11.3 Å². The minimum atomic E-state index is -0.101. The first-order chi connectivity index (χ1) is 10.6. The Morgan fingerprint density at radius 1 is 1.14 bits per heavy atom. The highest BCUT2D eigenvalue weighted by atomic mass is 16.1. The molecule has 0 aliphatic carbocycles. The Bertz CT molecular complexity index is 852. The van der Waals surface area contributed by atoms with Crippen molar-refractivity contribution in [2.75, 3.05) is 0 Å². The van der Waals surface area contributed by atoms with Crippen molar-refractivity contribution in [3.63, 3.8) is 0 Å². The topological polar surface area (TPSA) is 75.7 Å². The number of nitrogens with one attached hydrogen (secondary N) is 1. The Hall–Kier alpha value is -2.82. The predicted octanol–water partition coefficient (Wildman–Crippen LogP) is 3.11. The van der Waals surface area contributed by atoms with Gasteiger partial charge in [-0.15, -0.1) is 0 Å². The number of ketones is 2. The van der Waals surface area contributed by atoms with Crippen LogP contribution in [0.4, 0.5) is 0 Å². The highest BCUT2D eigenvalue weighted by Gasteiger charge is 2.14. The van der Waals surface area contributed by atoms with E-state index in [2.05, 4.69) is 15.2 Å². The number of carbonyl (C=O) groups is 2. The second-order valence-electron chi connectivity index (χ2n) is 5.19. The van der Waals surface area contributed by atoms with Crippen LogP contribution in [-0.4, -0.2) is 26.7 Å². The van der Waals surface area contributed by atoms with E-state index in [1.165, 1.54) is 0 Å². The van der Waals surface area contributed by atoms with Crippen molar-refractivity contribution in [2.24, 2.45) is 0 Å². The fourth-order valence-corrected chi connectivity index (χ4v) is 2.38. The molecule has 0 bridgehead atoms. The smallest absolute Gasteiger partial charge is 0.181 e. The molecule has 0 saturated heterocycles. The fraction of sp³-hybridized carbons (Fsp3) is 0.176. The summed E-state index contributed by atoms with van der Waals surface area (Å²) in [6.07, 6.45) is 3.61. The Morgan fingerprint density at radius 2 is 1.95 bits per heavy atom. The van der Waals surface area contributed by atoms with Crippen LogP contribution in [0.15, 0.2) is 42.7 Å². The molecule has 2 aromatic heterocycles. The van der Waals surface area contributed by atoms with Crippen LogP contribution in [0.1, 0.15) is 39.3 Å². The number of hydrogen-bond acceptors (Lipinski definition) is 4. The number of fused-ring (bicyclic) bond motifs is 1. The van der Waals surface area contributed by atoms with Crippen molar-refractivity contribution in [1.29, 1.82) is 0 Å². The largest absolute Gasteiger partial charge is 0.294 e. The van der Waals surface area contributed by atoms with Gasteiger partial charge < -0.3 is 0 Å². The van der Waals surface area contributed by atoms with Gasteiger partial charge in [0.05, 0.1) is 11.7 Å². The molecule has 1 aromatic carbocycles. The third-order valence-electron chi connectivity index (χ3n) is 3.61. The molecule has 5 nitrogen and oxygen atoms in total. The number of Topliss-reactive ketones (excluding diaryl/α,β-unsaturated/α-hetero) is 2. The number of aromatic amines is 1. The molecule has 5 heteroatoms. The van der Waals surface area contributed by atoms with Crippen molar-refractivity contribution in [2.45, 2.75) is 19.8 Å². The van der Waals surface area contributed by atoms with Crippen molar-refractivity contribution < 1.29 is 9.59 Å². The van der Waals surface area contributed by atoms with Gasteiger partial charge in [0, 0.05) is 30.0 Å². The number of aryl methyl sites for hydroxylation is 1. The van der Waals surface area contributed by atoms with Gasteiger partial charge in [0.15, 0.2) is 11.6 Å². The number of H-pyrrole nitrogens is 1. The summed E-state index contributed by atoms with van der Waals surface area (Å²) in [6.45, 7) is 1.84. The highest BCUT2D eigenvalue weighted by molar-refractivity contribution is 6.03. The maximum absolute atomic E-state index is 12.2. The van der Waals surface area contributed by atoms with Gasteiger partial charge in [0.2, 0.25) is 0 Å². The Kier molecular flexibility index (Phi) is 3.78. The van der Waals surface area contributed by atoms with Crippen LogP contribution in [-0.2, 0) is 0 Å². The number of carbonyl (C=O) groups excluding carboxylic acids is 2. The molecule has 0 atom stereocenters. The molecule has 0 aliphatic heterocycles. The molecule has 1 N–H and O–H groups in total. The van der Waals surface area contributed by atoms with Gasteiger partial charge in [-0.05, 0) is 36.8 Å². The van der Waals surface area contributed by atoms with E-state index in [-0.39, 0.29) is 24.4 Å². The van der Waals surface area contributed by atoms with E-state index in [1.807, 2.05) is 19.1 Å². The minimum Gasteiger partial charge on any atom is -0.294 e. The van der Waals surface area contributed by atoms with E-state index in [1.54, 1.807) is 30.6 Å². The van der Waals surface area contributed by atoms with Crippen LogP contribution < -0.4 is 0 Å². The molecule has 0 unspecified atom stereocenters. The molecule has 3 rings (SSSR count). The normalized spacial score (nSPS) is 10.8. The van der Waals surface area contributed by atoms with Crippen LogP contribution in [0, 0.1) is 6.92 Å². The molecular formula is C17H15N3O2. The van der Waals surface area contributed by atoms with Crippen LogP contribution in [0.25, 0.3) is 10.9 Å². The summed E-state index contributed by atoms with van der Waals surface area (Å²) in [6, 6.07) is 8.99. The summed E-state index contributed by atoms with van der Waals surface area (Å²) in [5.41, 5.74) is 2.76. The Balaban J connectivity index is 1.69. The fourth-order valence-electron chi connectivity index (χ4n) is 2.38. The van der Waals surface area contributed by atoms with Crippen LogP contribution >= 0.6 is 0 Å². The second-order valence-corrected chi connectivity index (χ2v) is 5.19. The summed E-state index contributed by atoms with van der Waals surface area (Å²) in [7, 11) is 0. The van der Waals surface area contributed by atoms with Gasteiger partial charge >= 0.3 is 0 Å². The Morgan fingerprint density at radius 3 is 2.77 bits per heavy atom. The lowest BCUT2D eigenvalue weighted by molar-refractivity contribution is 0.0914. The predicted molar refractivity (Wildman–Crippen MR) is 83.0 cm³/mol. The second kappa shape index (κ2) is 5.89. The zero-order chi connectivity index (χ0) is 15.5. The number of nitrogens with zero attached hydrogens (tertiary/aromatic N) is 2. The number of rotatable bonds is 5. The molecule has 22 heavy (non-hydrogen) atoms. The highest BCUT2D eigenvalue weighted by Crippen LogP contribution is 2.16. The lowest BCUT2D eigenvalue weighted by atomic mass is 10.0. The first-order valence-corrected chi connectivity index (χ1v) is 7.06. The number of hydrogen-bond donors (Lipinski definition) is 1. The SMILES string of the molecule is Cc1cccnc1C(=O)CCC(=O)c1ccc2[nH]ncc2c1. The van der Waals surface area contributed by atoms with Crippen molar-refractivity contribution in [3.05, 3.63) is 59.5 Å². The first kappa shape index (κ1) is 14.1. The lowest BCUT2D eigenvalue weighted by Gasteiger charge is -2.04. The molecule has 0 saturated carbocycles. The average molecular weight is 293 g/mol. The Labute approximate surface area is 127 Å². The maximum Gasteiger partial charge on any atom is 0.181 e. The third kappa shape index (κ3) is 2.79. The number of pyridine rings is 1. The maximum atomic E-state index is 12.2. The van der Waals surface area contributed by atoms with E-state index >= 15 is 0 Å². The monoisotopic (exact) mass is 293 g/mol. The van der Waals surface area contributed by atoms with E-state index < -0.39 is 0 Å². The lowest BCUT2D eigenvalue weighted by Crippen LogP contribution is -2.08. The summed E-state index contributed by atoms with van der Waals surface area (Å²) in [4.78, 5) is 28.5. The summed E-state index contributed by atoms with van der Waals surface area (Å²) < 4.78 is 0. The molecule has 0 aliphatic rings. The molecule has 0 spiro atoms. The number of aromatic nitrogens is 3. The van der Waals surface area contributed by atoms with Crippen molar-refractivity contribution in [3.8, 4) is 0 Å². The van der Waals surface area contributed by atoms with Gasteiger partial charge in [-0.2, -0.15) is 5.10 Å². The zero-order valence-corrected chi connectivity index (χ0v) is 12.2. The van der Waals surface area contributed by atoms with E-state index in [9.17, 15) is 9.59 Å². The van der Waals surface area contributed by atoms with Gasteiger partial charge in [0.25, 0.3) is 0 Å². The van der Waals surface area contributed by atoms with Crippen molar-refractivity contribution in [1.82, 2.24) is 15.2 Å². The molecule has 2 heterocycles. The van der Waals surface area contributed by atoms with Gasteiger partial charge in [-0.3, -0.25) is 19.7 Å². The van der Waals surface area contributed by atoms with Gasteiger partial charge in [0.1, 0.15) is 5.69 Å². The minimum absolute atomic E-state index is 0.0509. The molecule has 0 fully saturated rings. The van der Waals surface area contributed by atoms with Gasteiger partial charge in [-0.1, -0.05) is 6.07 Å². The summed E-state index contributed by atoms with van der Waals surface area (Å²) in [5, 5.41) is 7.65. The van der Waals surface area contributed by atoms with Gasteiger partial charge in [-0.25, -0.2) is 0 Å². The van der Waals surface area contributed by atoms with E-state index in [0.717, 1.165) is 16.5 Å². The number of benzene rings is 1. The van der Waals surface area contributed by atoms with Crippen molar-refractivity contribution >= 4 is 22.5 Å². The molecular weight excluding hydrogens is 278 g/mol. The van der Waals surface area contributed by atoms with Crippen LogP contribution in [0.3, 0.4) is 0 Å². The van der Waals surface area contributed by atoms with E-state index in [4.69, 9.17) is 0 Å².